The zero-order valence-corrected chi connectivity index (χ0v) is 28.5. The van der Waals surface area contributed by atoms with Gasteiger partial charge in [-0.2, -0.15) is 0 Å². The highest BCUT2D eigenvalue weighted by Gasteiger charge is 2.41. The Kier molecular flexibility index (Phi) is 12.6. The van der Waals surface area contributed by atoms with Crippen LogP contribution in [0.15, 0.2) is 77.0 Å². The number of phenolic OH excluding ortho intramolecular Hbond substituents is 1. The molecule has 1 fully saturated rings. The summed E-state index contributed by atoms with van der Waals surface area (Å²) in [5.41, 5.74) is 5.43. The van der Waals surface area contributed by atoms with Crippen LogP contribution in [-0.4, -0.2) is 57.8 Å². The highest BCUT2D eigenvalue weighted by molar-refractivity contribution is 6.11. The molecule has 0 aliphatic carbocycles. The lowest BCUT2D eigenvalue weighted by Gasteiger charge is -2.39. The predicted molar refractivity (Wildman–Crippen MR) is 185 cm³/mol. The Morgan fingerprint density at radius 2 is 1.62 bits per heavy atom. The van der Waals surface area contributed by atoms with Gasteiger partial charge in [0, 0.05) is 37.3 Å². The minimum Gasteiger partial charge on any atom is -0.508 e. The van der Waals surface area contributed by atoms with Gasteiger partial charge in [0.1, 0.15) is 5.75 Å². The van der Waals surface area contributed by atoms with E-state index in [-0.39, 0.29) is 0 Å². The summed E-state index contributed by atoms with van der Waals surface area (Å²) in [6, 6.07) is 17.8. The molecule has 2 aromatic carbocycles. The highest BCUT2D eigenvalue weighted by atomic mass is 16.4. The fourth-order valence-electron chi connectivity index (χ4n) is 5.38. The van der Waals surface area contributed by atoms with Crippen molar-refractivity contribution >= 4 is 17.5 Å². The van der Waals surface area contributed by atoms with Gasteiger partial charge in [0.2, 0.25) is 0 Å². The molecule has 45 heavy (non-hydrogen) atoms. The van der Waals surface area contributed by atoms with E-state index in [1.165, 1.54) is 5.56 Å². The molecule has 1 aliphatic heterocycles. The zero-order chi connectivity index (χ0) is 33.2. The molecule has 0 spiro atoms. The van der Waals surface area contributed by atoms with E-state index in [0.717, 1.165) is 54.0 Å². The Hall–Kier alpha value is -3.84. The number of carboxylic acids is 1. The normalized spacial score (nSPS) is 15.8. The Labute approximate surface area is 270 Å². The number of hydrogen-bond donors (Lipinski definition) is 2. The number of piperidine rings is 1. The first kappa shape index (κ1) is 35.6. The number of likely N-dealkylation sites (tertiary alicyclic amines) is 1. The van der Waals surface area contributed by atoms with Crippen LogP contribution in [0.5, 0.6) is 5.75 Å². The minimum absolute atomic E-state index is 0.301. The van der Waals surface area contributed by atoms with Crippen LogP contribution in [0.3, 0.4) is 0 Å². The summed E-state index contributed by atoms with van der Waals surface area (Å²) in [5.74, 6) is 0.688. The van der Waals surface area contributed by atoms with Crippen LogP contribution in [0.1, 0.15) is 89.1 Å². The van der Waals surface area contributed by atoms with Gasteiger partial charge in [0.05, 0.1) is 5.41 Å². The molecule has 0 bridgehead atoms. The van der Waals surface area contributed by atoms with Gasteiger partial charge in [-0.25, -0.2) is 4.99 Å². The lowest BCUT2D eigenvalue weighted by Crippen LogP contribution is -2.45. The minimum atomic E-state index is -0.739. The molecule has 0 amide bonds. The standard InChI is InChI=1S/C33H40N4O3.C5H12/c1-23(2)18-29-12-11-28(19-30(29)38)24(3)36-31(34-4)27-9-7-25(8-10-27)22-37-16-13-33(14-17-37,32(39)40)20-26-6-5-15-35-21-26;1-5(2,3)4/h5-12,15,19,21,23,38H,13-14,16-18,20,22H2,1-4H3,(H,39,40);1-4H3. The van der Waals surface area contributed by atoms with Crippen molar-refractivity contribution in [3.05, 3.63) is 94.8 Å². The van der Waals surface area contributed by atoms with Gasteiger partial charge in [-0.05, 0) is 91.4 Å². The van der Waals surface area contributed by atoms with Crippen molar-refractivity contribution in [2.75, 3.05) is 20.1 Å². The number of carboxylic acid groups (broad SMARTS) is 1. The van der Waals surface area contributed by atoms with Gasteiger partial charge < -0.3 is 10.2 Å². The van der Waals surface area contributed by atoms with Gasteiger partial charge in [-0.1, -0.05) is 84.0 Å². The molecule has 242 valence electrons. The number of benzene rings is 2. The molecule has 0 atom stereocenters. The Balaban J connectivity index is 0.00000102. The predicted octanol–water partition coefficient (Wildman–Crippen LogP) is 7.83. The molecule has 0 unspecified atom stereocenters. The van der Waals surface area contributed by atoms with E-state index in [2.05, 4.69) is 68.6 Å². The van der Waals surface area contributed by atoms with Gasteiger partial charge in [-0.3, -0.25) is 19.7 Å². The molecule has 7 heteroatoms. The second kappa shape index (κ2) is 15.9. The number of carbonyl (C=O) groups is 1. The monoisotopic (exact) mass is 612 g/mol. The molecule has 3 aromatic rings. The number of aliphatic carboxylic acids is 1. The summed E-state index contributed by atoms with van der Waals surface area (Å²) in [6.07, 6.45) is 6.06. The van der Waals surface area contributed by atoms with Crippen LogP contribution < -0.4 is 0 Å². The van der Waals surface area contributed by atoms with Crippen molar-refractivity contribution in [2.24, 2.45) is 26.7 Å². The van der Waals surface area contributed by atoms with Crippen molar-refractivity contribution in [3.8, 4) is 5.75 Å². The first-order chi connectivity index (χ1) is 21.2. The molecule has 1 aromatic heterocycles. The Bertz CT molecular complexity index is 1440. The van der Waals surface area contributed by atoms with Crippen molar-refractivity contribution in [2.45, 2.75) is 80.7 Å². The van der Waals surface area contributed by atoms with Crippen LogP contribution in [0.2, 0.25) is 0 Å². The van der Waals surface area contributed by atoms with Crippen molar-refractivity contribution in [1.82, 2.24) is 9.88 Å². The van der Waals surface area contributed by atoms with Crippen molar-refractivity contribution in [3.63, 3.8) is 0 Å². The van der Waals surface area contributed by atoms with E-state index < -0.39 is 11.4 Å². The summed E-state index contributed by atoms with van der Waals surface area (Å²) in [6.45, 7) is 17.2. The third kappa shape index (κ3) is 11.2. The number of hydrogen-bond acceptors (Lipinski definition) is 5. The largest absolute Gasteiger partial charge is 0.508 e. The van der Waals surface area contributed by atoms with Crippen LogP contribution in [-0.2, 0) is 24.2 Å². The fraction of sp³-hybridized carbons (Fsp3) is 0.474. The number of aliphatic imine (C=N–C) groups is 2. The molecule has 4 rings (SSSR count). The average Bonchev–Trinajstić information content (AvgIpc) is 2.98. The Morgan fingerprint density at radius 1 is 1.00 bits per heavy atom. The molecule has 2 N–H and O–H groups in total. The second-order valence-electron chi connectivity index (χ2n) is 14.3. The topological polar surface area (TPSA) is 98.4 Å². The number of aromatic hydroxyl groups is 1. The maximum atomic E-state index is 12.2. The van der Waals surface area contributed by atoms with E-state index in [4.69, 9.17) is 4.99 Å². The van der Waals surface area contributed by atoms with Crippen LogP contribution in [0.25, 0.3) is 0 Å². The number of amidine groups is 1. The van der Waals surface area contributed by atoms with Crippen LogP contribution >= 0.6 is 0 Å². The summed E-state index contributed by atoms with van der Waals surface area (Å²) >= 11 is 0. The summed E-state index contributed by atoms with van der Waals surface area (Å²) in [5, 5.41) is 20.5. The summed E-state index contributed by atoms with van der Waals surface area (Å²) in [4.78, 5) is 27.9. The lowest BCUT2D eigenvalue weighted by molar-refractivity contribution is -0.152. The maximum absolute atomic E-state index is 12.2. The number of pyridine rings is 1. The van der Waals surface area contributed by atoms with E-state index >= 15 is 0 Å². The molecule has 1 saturated heterocycles. The number of rotatable bonds is 9. The molecule has 0 radical (unpaired) electrons. The van der Waals surface area contributed by atoms with E-state index in [1.54, 1.807) is 25.5 Å². The van der Waals surface area contributed by atoms with E-state index in [1.807, 2.05) is 43.3 Å². The Morgan fingerprint density at radius 3 is 2.13 bits per heavy atom. The van der Waals surface area contributed by atoms with Gasteiger partial charge in [0.15, 0.2) is 5.84 Å². The summed E-state index contributed by atoms with van der Waals surface area (Å²) < 4.78 is 0. The molecular weight excluding hydrogens is 560 g/mol. The maximum Gasteiger partial charge on any atom is 0.310 e. The summed E-state index contributed by atoms with van der Waals surface area (Å²) in [7, 11) is 1.73. The lowest BCUT2D eigenvalue weighted by atomic mass is 9.74. The average molecular weight is 613 g/mol. The van der Waals surface area contributed by atoms with Crippen molar-refractivity contribution in [1.29, 1.82) is 0 Å². The molecule has 2 heterocycles. The van der Waals surface area contributed by atoms with Crippen LogP contribution in [0.4, 0.5) is 0 Å². The SMILES string of the molecule is CC(C)(C)C.CN=C(N=C(C)c1ccc(CC(C)C)c(O)c1)c1ccc(CN2CCC(Cc3cccnc3)(C(=O)O)CC2)cc1. The second-order valence-corrected chi connectivity index (χ2v) is 14.3. The van der Waals surface area contributed by atoms with Gasteiger partial charge in [-0.15, -0.1) is 0 Å². The third-order valence-corrected chi connectivity index (χ3v) is 7.77. The molecular formula is C38H52N4O3. The first-order valence-electron chi connectivity index (χ1n) is 16.0. The molecule has 1 aliphatic rings. The van der Waals surface area contributed by atoms with E-state index in [0.29, 0.717) is 42.2 Å². The van der Waals surface area contributed by atoms with Gasteiger partial charge in [0.25, 0.3) is 0 Å². The highest BCUT2D eigenvalue weighted by Crippen LogP contribution is 2.36. The fourth-order valence-corrected chi connectivity index (χ4v) is 5.38. The van der Waals surface area contributed by atoms with Crippen LogP contribution in [0, 0.1) is 16.7 Å². The quantitative estimate of drug-likeness (QED) is 0.190. The zero-order valence-electron chi connectivity index (χ0n) is 28.5. The molecule has 7 nitrogen and oxygen atoms in total. The smallest absolute Gasteiger partial charge is 0.310 e. The van der Waals surface area contributed by atoms with E-state index in [9.17, 15) is 15.0 Å². The first-order valence-corrected chi connectivity index (χ1v) is 16.0. The van der Waals surface area contributed by atoms with Crippen molar-refractivity contribution < 1.29 is 15.0 Å². The van der Waals surface area contributed by atoms with Gasteiger partial charge >= 0.3 is 5.97 Å². The number of phenols is 1. The molecule has 0 saturated carbocycles. The number of nitrogens with zero attached hydrogens (tertiary/aromatic N) is 4. The number of aromatic nitrogens is 1. The third-order valence-electron chi connectivity index (χ3n) is 7.77.